The maximum atomic E-state index is 13.8. The molecule has 1 amide bonds. The smallest absolute Gasteiger partial charge is 0.252 e. The molecule has 3 rings (SSSR count). The Morgan fingerprint density at radius 3 is 2.78 bits per heavy atom. The van der Waals surface area contributed by atoms with Crippen molar-refractivity contribution < 1.29 is 9.18 Å². The molecule has 0 saturated heterocycles. The number of rotatable bonds is 4. The maximum absolute atomic E-state index is 13.8. The van der Waals surface area contributed by atoms with Crippen molar-refractivity contribution in [3.8, 4) is 11.4 Å². The van der Waals surface area contributed by atoms with Crippen LogP contribution in [0.5, 0.6) is 0 Å². The van der Waals surface area contributed by atoms with E-state index in [9.17, 15) is 9.18 Å². The fraction of sp³-hybridized carbons (Fsp3) is 0.0588. The summed E-state index contributed by atoms with van der Waals surface area (Å²) in [6, 6.07) is 11.5. The van der Waals surface area contributed by atoms with Crippen molar-refractivity contribution in [2.75, 3.05) is 0 Å². The van der Waals surface area contributed by atoms with Gasteiger partial charge < -0.3 is 10.3 Å². The Kier molecular flexibility index (Phi) is 4.39. The minimum absolute atomic E-state index is 0.0107. The van der Waals surface area contributed by atoms with Gasteiger partial charge in [-0.05, 0) is 18.2 Å². The van der Waals surface area contributed by atoms with Gasteiger partial charge in [-0.2, -0.15) is 0 Å². The fourth-order valence-corrected chi connectivity index (χ4v) is 2.50. The summed E-state index contributed by atoms with van der Waals surface area (Å²) in [5, 5.41) is 2.98. The lowest BCUT2D eigenvalue weighted by atomic mass is 10.1. The molecule has 23 heavy (non-hydrogen) atoms. The van der Waals surface area contributed by atoms with E-state index in [0.29, 0.717) is 17.0 Å². The summed E-state index contributed by atoms with van der Waals surface area (Å²) in [5.74, 6) is -0.173. The van der Waals surface area contributed by atoms with Gasteiger partial charge in [0.15, 0.2) is 0 Å². The molecular formula is C17H13ClFN3O. The van der Waals surface area contributed by atoms with Gasteiger partial charge in [0.2, 0.25) is 0 Å². The molecule has 0 atom stereocenters. The van der Waals surface area contributed by atoms with Gasteiger partial charge in [-0.3, -0.25) is 4.79 Å². The number of H-pyrrole nitrogens is 1. The molecular weight excluding hydrogens is 317 g/mol. The summed E-state index contributed by atoms with van der Waals surface area (Å²) in [7, 11) is 0. The van der Waals surface area contributed by atoms with Crippen molar-refractivity contribution in [3.63, 3.8) is 0 Å². The second-order valence-corrected chi connectivity index (χ2v) is 5.27. The fourth-order valence-electron chi connectivity index (χ4n) is 2.27. The summed E-state index contributed by atoms with van der Waals surface area (Å²) in [6.07, 6.45) is 3.30. The molecule has 2 aromatic carbocycles. The van der Waals surface area contributed by atoms with Crippen LogP contribution in [-0.4, -0.2) is 15.9 Å². The molecule has 0 unspecified atom stereocenters. The summed E-state index contributed by atoms with van der Waals surface area (Å²) in [6.45, 7) is 0.0107. The predicted molar refractivity (Wildman–Crippen MR) is 86.6 cm³/mol. The van der Waals surface area contributed by atoms with Crippen molar-refractivity contribution in [2.45, 2.75) is 6.54 Å². The molecule has 0 radical (unpaired) electrons. The van der Waals surface area contributed by atoms with Gasteiger partial charge in [0.1, 0.15) is 11.6 Å². The van der Waals surface area contributed by atoms with Gasteiger partial charge in [-0.25, -0.2) is 9.37 Å². The van der Waals surface area contributed by atoms with Crippen LogP contribution in [0.1, 0.15) is 15.9 Å². The van der Waals surface area contributed by atoms with Crippen LogP contribution >= 0.6 is 11.6 Å². The number of amides is 1. The van der Waals surface area contributed by atoms with E-state index in [1.54, 1.807) is 36.7 Å². The largest absolute Gasteiger partial charge is 0.348 e. The molecule has 6 heteroatoms. The number of aromatic amines is 1. The number of imidazole rings is 1. The number of nitrogens with zero attached hydrogens (tertiary/aromatic N) is 1. The van der Waals surface area contributed by atoms with Crippen LogP contribution in [0.25, 0.3) is 11.4 Å². The molecule has 1 heterocycles. The van der Waals surface area contributed by atoms with Crippen LogP contribution in [0.15, 0.2) is 54.9 Å². The van der Waals surface area contributed by atoms with Gasteiger partial charge in [-0.15, -0.1) is 0 Å². The number of hydrogen-bond donors (Lipinski definition) is 2. The van der Waals surface area contributed by atoms with Crippen LogP contribution in [0, 0.1) is 5.82 Å². The molecule has 4 nitrogen and oxygen atoms in total. The van der Waals surface area contributed by atoms with Crippen molar-refractivity contribution in [2.24, 2.45) is 0 Å². The Labute approximate surface area is 137 Å². The van der Waals surface area contributed by atoms with Crippen LogP contribution < -0.4 is 5.32 Å². The van der Waals surface area contributed by atoms with E-state index in [0.717, 1.165) is 0 Å². The van der Waals surface area contributed by atoms with E-state index in [2.05, 4.69) is 15.3 Å². The highest BCUT2D eigenvalue weighted by Gasteiger charge is 2.15. The zero-order chi connectivity index (χ0) is 16.2. The molecule has 0 aliphatic carbocycles. The first-order valence-electron chi connectivity index (χ1n) is 6.96. The zero-order valence-electron chi connectivity index (χ0n) is 12.0. The number of benzene rings is 2. The number of halogens is 2. The topological polar surface area (TPSA) is 57.8 Å². The molecule has 0 aliphatic rings. The minimum atomic E-state index is -0.447. The summed E-state index contributed by atoms with van der Waals surface area (Å²) in [5.41, 5.74) is 1.39. The molecule has 0 aliphatic heterocycles. The second kappa shape index (κ2) is 6.62. The summed E-state index contributed by atoms with van der Waals surface area (Å²) >= 11 is 5.97. The van der Waals surface area contributed by atoms with Gasteiger partial charge in [-0.1, -0.05) is 35.9 Å². The first-order valence-corrected chi connectivity index (χ1v) is 7.34. The van der Waals surface area contributed by atoms with Crippen molar-refractivity contribution in [3.05, 3.63) is 76.8 Å². The summed E-state index contributed by atoms with van der Waals surface area (Å²) < 4.78 is 13.8. The molecule has 1 aromatic heterocycles. The van der Waals surface area contributed by atoms with Gasteiger partial charge in [0.05, 0.1) is 5.56 Å². The van der Waals surface area contributed by atoms with Crippen LogP contribution in [0.2, 0.25) is 5.02 Å². The van der Waals surface area contributed by atoms with Crippen LogP contribution in [-0.2, 0) is 6.54 Å². The third-order valence-corrected chi connectivity index (χ3v) is 3.77. The first kappa shape index (κ1) is 15.2. The third-order valence-electron chi connectivity index (χ3n) is 3.41. The average molecular weight is 330 g/mol. The molecule has 3 aromatic rings. The first-order chi connectivity index (χ1) is 11.2. The normalized spacial score (nSPS) is 10.5. The Bertz CT molecular complexity index is 813. The van der Waals surface area contributed by atoms with Crippen molar-refractivity contribution in [1.29, 1.82) is 0 Å². The zero-order valence-corrected chi connectivity index (χ0v) is 12.8. The third kappa shape index (κ3) is 3.24. The van der Waals surface area contributed by atoms with Gasteiger partial charge >= 0.3 is 0 Å². The van der Waals surface area contributed by atoms with E-state index in [-0.39, 0.29) is 23.0 Å². The summed E-state index contributed by atoms with van der Waals surface area (Å²) in [4.78, 5) is 19.6. The molecule has 0 bridgehead atoms. The number of aromatic nitrogens is 2. The SMILES string of the molecule is O=C(NCc1c(F)cccc1Cl)c1ccccc1-c1ncc[nH]1. The molecule has 0 fully saturated rings. The number of hydrogen-bond acceptors (Lipinski definition) is 2. The number of carbonyl (C=O) groups excluding carboxylic acids is 1. The lowest BCUT2D eigenvalue weighted by Gasteiger charge is -2.10. The monoisotopic (exact) mass is 329 g/mol. The molecule has 116 valence electrons. The quantitative estimate of drug-likeness (QED) is 0.765. The van der Waals surface area contributed by atoms with E-state index in [1.807, 2.05) is 6.07 Å². The Morgan fingerprint density at radius 1 is 1.22 bits per heavy atom. The van der Waals surface area contributed by atoms with E-state index in [1.165, 1.54) is 12.1 Å². The highest BCUT2D eigenvalue weighted by Crippen LogP contribution is 2.21. The Balaban J connectivity index is 1.82. The van der Waals surface area contributed by atoms with Gasteiger partial charge in [0, 0.05) is 35.1 Å². The number of carbonyl (C=O) groups is 1. The molecule has 0 spiro atoms. The van der Waals surface area contributed by atoms with Crippen molar-refractivity contribution in [1.82, 2.24) is 15.3 Å². The minimum Gasteiger partial charge on any atom is -0.348 e. The average Bonchev–Trinajstić information content (AvgIpc) is 3.08. The van der Waals surface area contributed by atoms with Crippen LogP contribution in [0.4, 0.5) is 4.39 Å². The maximum Gasteiger partial charge on any atom is 0.252 e. The highest BCUT2D eigenvalue weighted by atomic mass is 35.5. The Hall–Kier alpha value is -2.66. The van der Waals surface area contributed by atoms with E-state index in [4.69, 9.17) is 11.6 Å². The van der Waals surface area contributed by atoms with Crippen LogP contribution in [0.3, 0.4) is 0 Å². The molecule has 2 N–H and O–H groups in total. The van der Waals surface area contributed by atoms with E-state index >= 15 is 0 Å². The number of nitrogens with one attached hydrogen (secondary N) is 2. The predicted octanol–water partition coefficient (Wildman–Crippen LogP) is 3.80. The second-order valence-electron chi connectivity index (χ2n) is 4.87. The lowest BCUT2D eigenvalue weighted by Crippen LogP contribution is -2.24. The highest BCUT2D eigenvalue weighted by molar-refractivity contribution is 6.31. The lowest BCUT2D eigenvalue weighted by molar-refractivity contribution is 0.0951. The van der Waals surface area contributed by atoms with Gasteiger partial charge in [0.25, 0.3) is 5.91 Å². The standard InChI is InChI=1S/C17H13ClFN3O/c18-14-6-3-7-15(19)13(14)10-22-17(23)12-5-2-1-4-11(12)16-20-8-9-21-16/h1-9H,10H2,(H,20,21)(H,22,23). The van der Waals surface area contributed by atoms with Crippen molar-refractivity contribution >= 4 is 17.5 Å². The Morgan fingerprint density at radius 2 is 2.04 bits per heavy atom. The molecule has 0 saturated carbocycles. The van der Waals surface area contributed by atoms with E-state index < -0.39 is 5.82 Å².